The van der Waals surface area contributed by atoms with Gasteiger partial charge in [0.05, 0.1) is 18.8 Å². The number of amides is 1. The monoisotopic (exact) mass is 304 g/mol. The number of carbonyl (C=O) groups excluding carboxylic acids is 1. The van der Waals surface area contributed by atoms with E-state index >= 15 is 0 Å². The van der Waals surface area contributed by atoms with Crippen LogP contribution in [-0.4, -0.2) is 42.6 Å². The number of benzene rings is 1. The molecule has 1 aromatic carbocycles. The molecule has 2 atom stereocenters. The summed E-state index contributed by atoms with van der Waals surface area (Å²) in [6.45, 7) is 12.7. The fourth-order valence-corrected chi connectivity index (χ4v) is 2.87. The summed E-state index contributed by atoms with van der Waals surface area (Å²) in [6, 6.07) is 8.11. The molecule has 122 valence electrons. The topological polar surface area (TPSA) is 41.6 Å². The number of morpholine rings is 1. The molecule has 0 aromatic heterocycles. The zero-order valence-corrected chi connectivity index (χ0v) is 14.3. The van der Waals surface area contributed by atoms with Gasteiger partial charge in [0.25, 0.3) is 0 Å². The summed E-state index contributed by atoms with van der Waals surface area (Å²) in [6.07, 6.45) is 0.366. The summed E-state index contributed by atoms with van der Waals surface area (Å²) < 4.78 is 5.69. The number of nitrogens with zero attached hydrogens (tertiary/aromatic N) is 1. The van der Waals surface area contributed by atoms with Crippen LogP contribution < -0.4 is 5.32 Å². The highest BCUT2D eigenvalue weighted by Gasteiger charge is 2.23. The highest BCUT2D eigenvalue weighted by atomic mass is 16.5. The summed E-state index contributed by atoms with van der Waals surface area (Å²) in [7, 11) is 0. The Labute approximate surface area is 133 Å². The molecule has 4 heteroatoms. The SMILES string of the molecule is C[C@H]1CN(CC(=O)Nc2ccc(C(C)(C)C)cc2)C[C@H](C)O1. The average Bonchev–Trinajstić information content (AvgIpc) is 2.36. The molecule has 1 saturated heterocycles. The number of carbonyl (C=O) groups is 1. The van der Waals surface area contributed by atoms with Crippen molar-refractivity contribution in [3.8, 4) is 0 Å². The van der Waals surface area contributed by atoms with E-state index in [4.69, 9.17) is 4.74 Å². The van der Waals surface area contributed by atoms with E-state index in [-0.39, 0.29) is 23.5 Å². The van der Waals surface area contributed by atoms with Crippen molar-refractivity contribution in [2.24, 2.45) is 0 Å². The van der Waals surface area contributed by atoms with Crippen molar-refractivity contribution < 1.29 is 9.53 Å². The quantitative estimate of drug-likeness (QED) is 0.933. The van der Waals surface area contributed by atoms with Gasteiger partial charge in [-0.25, -0.2) is 0 Å². The van der Waals surface area contributed by atoms with E-state index < -0.39 is 0 Å². The summed E-state index contributed by atoms with van der Waals surface area (Å²) in [4.78, 5) is 14.3. The standard InChI is InChI=1S/C18H28N2O2/c1-13-10-20(11-14(2)22-13)12-17(21)19-16-8-6-15(7-9-16)18(3,4)5/h6-9,13-14H,10-12H2,1-5H3,(H,19,21)/t13-,14-/m0/s1. The molecule has 0 bridgehead atoms. The lowest BCUT2D eigenvalue weighted by molar-refractivity contribution is -0.121. The average molecular weight is 304 g/mol. The van der Waals surface area contributed by atoms with Crippen molar-refractivity contribution in [3.63, 3.8) is 0 Å². The number of hydrogen-bond acceptors (Lipinski definition) is 3. The number of rotatable bonds is 3. The third kappa shape index (κ3) is 4.82. The molecule has 1 fully saturated rings. The lowest BCUT2D eigenvalue weighted by atomic mass is 9.87. The molecule has 1 aromatic rings. The Kier molecular flexibility index (Phi) is 5.24. The fourth-order valence-electron chi connectivity index (χ4n) is 2.87. The van der Waals surface area contributed by atoms with Crippen molar-refractivity contribution in [3.05, 3.63) is 29.8 Å². The van der Waals surface area contributed by atoms with E-state index in [1.54, 1.807) is 0 Å². The maximum Gasteiger partial charge on any atom is 0.238 e. The molecular weight excluding hydrogens is 276 g/mol. The van der Waals surface area contributed by atoms with Gasteiger partial charge in [0.1, 0.15) is 0 Å². The predicted octanol–water partition coefficient (Wildman–Crippen LogP) is 3.03. The van der Waals surface area contributed by atoms with Crippen LogP contribution in [0.25, 0.3) is 0 Å². The smallest absolute Gasteiger partial charge is 0.238 e. The largest absolute Gasteiger partial charge is 0.373 e. The number of hydrogen-bond donors (Lipinski definition) is 1. The molecule has 1 heterocycles. The first-order chi connectivity index (χ1) is 10.2. The van der Waals surface area contributed by atoms with E-state index in [1.165, 1.54) is 5.56 Å². The zero-order chi connectivity index (χ0) is 16.3. The zero-order valence-electron chi connectivity index (χ0n) is 14.3. The minimum Gasteiger partial charge on any atom is -0.373 e. The van der Waals surface area contributed by atoms with Crippen LogP contribution >= 0.6 is 0 Å². The second-order valence-electron chi connectivity index (χ2n) is 7.33. The summed E-state index contributed by atoms with van der Waals surface area (Å²) in [5.41, 5.74) is 2.25. The van der Waals surface area contributed by atoms with E-state index in [1.807, 2.05) is 26.0 Å². The van der Waals surface area contributed by atoms with E-state index in [9.17, 15) is 4.79 Å². The minimum absolute atomic E-state index is 0.0322. The van der Waals surface area contributed by atoms with Crippen LogP contribution in [-0.2, 0) is 14.9 Å². The minimum atomic E-state index is 0.0322. The molecule has 1 aliphatic heterocycles. The Balaban J connectivity index is 1.89. The Morgan fingerprint density at radius 1 is 1.18 bits per heavy atom. The molecule has 1 amide bonds. The van der Waals surface area contributed by atoms with Crippen molar-refractivity contribution in [1.82, 2.24) is 4.90 Å². The maximum absolute atomic E-state index is 12.2. The van der Waals surface area contributed by atoms with Gasteiger partial charge in [0.2, 0.25) is 5.91 Å². The first-order valence-electron chi connectivity index (χ1n) is 8.02. The molecule has 0 aliphatic carbocycles. The lowest BCUT2D eigenvalue weighted by Gasteiger charge is -2.34. The van der Waals surface area contributed by atoms with Crippen molar-refractivity contribution in [1.29, 1.82) is 0 Å². The van der Waals surface area contributed by atoms with Gasteiger partial charge in [-0.05, 0) is 37.0 Å². The first-order valence-corrected chi connectivity index (χ1v) is 8.02. The number of nitrogens with one attached hydrogen (secondary N) is 1. The predicted molar refractivity (Wildman–Crippen MR) is 90.2 cm³/mol. The Hall–Kier alpha value is -1.39. The molecule has 4 nitrogen and oxygen atoms in total. The third-order valence-corrected chi connectivity index (χ3v) is 3.90. The van der Waals surface area contributed by atoms with Gasteiger partial charge in [-0.1, -0.05) is 32.9 Å². The van der Waals surface area contributed by atoms with Crippen molar-refractivity contribution in [2.75, 3.05) is 25.0 Å². The molecule has 0 saturated carbocycles. The van der Waals surface area contributed by atoms with Crippen molar-refractivity contribution >= 4 is 11.6 Å². The highest BCUT2D eigenvalue weighted by molar-refractivity contribution is 5.92. The van der Waals surface area contributed by atoms with Gasteiger partial charge in [-0.2, -0.15) is 0 Å². The third-order valence-electron chi connectivity index (χ3n) is 3.90. The molecule has 1 aliphatic rings. The molecule has 0 spiro atoms. The molecule has 0 unspecified atom stereocenters. The lowest BCUT2D eigenvalue weighted by Crippen LogP contribution is -2.48. The number of anilines is 1. The van der Waals surface area contributed by atoms with Gasteiger partial charge >= 0.3 is 0 Å². The summed E-state index contributed by atoms with van der Waals surface area (Å²) in [5, 5.41) is 2.98. The molecular formula is C18H28N2O2. The van der Waals surface area contributed by atoms with Crippen LogP contribution in [0.4, 0.5) is 5.69 Å². The summed E-state index contributed by atoms with van der Waals surface area (Å²) in [5.74, 6) is 0.0322. The van der Waals surface area contributed by atoms with Crippen molar-refractivity contribution in [2.45, 2.75) is 52.2 Å². The second kappa shape index (κ2) is 6.80. The number of ether oxygens (including phenoxy) is 1. The van der Waals surface area contributed by atoms with Gasteiger partial charge in [0.15, 0.2) is 0 Å². The Bertz CT molecular complexity index is 495. The van der Waals surface area contributed by atoms with Gasteiger partial charge in [-0.3, -0.25) is 9.69 Å². The Morgan fingerprint density at radius 2 is 1.73 bits per heavy atom. The van der Waals surface area contributed by atoms with Gasteiger partial charge in [-0.15, -0.1) is 0 Å². The van der Waals surface area contributed by atoms with Crippen LogP contribution in [0.3, 0.4) is 0 Å². The normalized spacial score (nSPS) is 23.3. The highest BCUT2D eigenvalue weighted by Crippen LogP contribution is 2.23. The molecule has 2 rings (SSSR count). The first kappa shape index (κ1) is 17.0. The molecule has 0 radical (unpaired) electrons. The van der Waals surface area contributed by atoms with Crippen LogP contribution in [0.1, 0.15) is 40.2 Å². The molecule has 1 N–H and O–H groups in total. The van der Waals surface area contributed by atoms with Crippen LogP contribution in [0.15, 0.2) is 24.3 Å². The second-order valence-corrected chi connectivity index (χ2v) is 7.33. The van der Waals surface area contributed by atoms with E-state index in [2.05, 4.69) is 43.1 Å². The van der Waals surface area contributed by atoms with Gasteiger partial charge in [0, 0.05) is 18.8 Å². The van der Waals surface area contributed by atoms with E-state index in [0.717, 1.165) is 18.8 Å². The van der Waals surface area contributed by atoms with E-state index in [0.29, 0.717) is 6.54 Å². The molecule has 22 heavy (non-hydrogen) atoms. The Morgan fingerprint density at radius 3 is 2.23 bits per heavy atom. The fraction of sp³-hybridized carbons (Fsp3) is 0.611. The summed E-state index contributed by atoms with van der Waals surface area (Å²) >= 11 is 0. The van der Waals surface area contributed by atoms with Gasteiger partial charge < -0.3 is 10.1 Å². The van der Waals surface area contributed by atoms with Crippen LogP contribution in [0.5, 0.6) is 0 Å². The van der Waals surface area contributed by atoms with Crippen LogP contribution in [0.2, 0.25) is 0 Å². The van der Waals surface area contributed by atoms with Crippen LogP contribution in [0, 0.1) is 0 Å². The maximum atomic E-state index is 12.2.